The number of aryl methyl sites for hydroxylation is 2. The largest absolute Gasteiger partial charge is 0.286 e. The van der Waals surface area contributed by atoms with Crippen molar-refractivity contribution in [2.24, 2.45) is 5.92 Å². The molecule has 3 N–H and O–H groups in total. The van der Waals surface area contributed by atoms with Crippen molar-refractivity contribution in [1.29, 1.82) is 0 Å². The molecule has 0 spiro atoms. The SMILES string of the molecule is CCCCCC(CN(O)C=O)C(=O)NNc1nc(C)cnc1C. The van der Waals surface area contributed by atoms with Crippen molar-refractivity contribution < 1.29 is 14.8 Å². The molecule has 1 aromatic rings. The highest BCUT2D eigenvalue weighted by atomic mass is 16.5. The molecule has 1 atom stereocenters. The van der Waals surface area contributed by atoms with Crippen LogP contribution in [-0.2, 0) is 9.59 Å². The van der Waals surface area contributed by atoms with Crippen LogP contribution in [-0.4, -0.2) is 39.1 Å². The standard InChI is InChI=1S/C15H25N5O3/c1-4-5-6-7-13(9-20(23)10-21)15(22)19-18-14-12(3)16-8-11(2)17-14/h8,10,13,23H,4-7,9H2,1-3H3,(H,17,18)(H,19,22). The van der Waals surface area contributed by atoms with Crippen molar-refractivity contribution in [3.05, 3.63) is 17.6 Å². The van der Waals surface area contributed by atoms with Gasteiger partial charge in [-0.3, -0.25) is 30.6 Å². The molecule has 0 aromatic carbocycles. The fourth-order valence-electron chi connectivity index (χ4n) is 2.09. The molecule has 23 heavy (non-hydrogen) atoms. The van der Waals surface area contributed by atoms with Gasteiger partial charge in [-0.1, -0.05) is 26.2 Å². The summed E-state index contributed by atoms with van der Waals surface area (Å²) in [6, 6.07) is 0. The number of carbonyl (C=O) groups is 2. The average molecular weight is 323 g/mol. The van der Waals surface area contributed by atoms with Gasteiger partial charge in [0.2, 0.25) is 12.3 Å². The number of hydrazine groups is 1. The Morgan fingerprint density at radius 2 is 2.17 bits per heavy atom. The summed E-state index contributed by atoms with van der Waals surface area (Å²) in [7, 11) is 0. The molecule has 1 aromatic heterocycles. The highest BCUT2D eigenvalue weighted by Crippen LogP contribution is 2.12. The van der Waals surface area contributed by atoms with Gasteiger partial charge in [-0.25, -0.2) is 10.0 Å². The van der Waals surface area contributed by atoms with E-state index in [1.165, 1.54) is 0 Å². The molecular formula is C15H25N5O3. The number of nitrogens with one attached hydrogen (secondary N) is 2. The van der Waals surface area contributed by atoms with E-state index in [0.717, 1.165) is 25.0 Å². The molecular weight excluding hydrogens is 298 g/mol. The lowest BCUT2D eigenvalue weighted by atomic mass is 10.0. The highest BCUT2D eigenvalue weighted by Gasteiger charge is 2.20. The van der Waals surface area contributed by atoms with Gasteiger partial charge in [0, 0.05) is 6.20 Å². The van der Waals surface area contributed by atoms with Gasteiger partial charge >= 0.3 is 0 Å². The molecule has 2 amide bonds. The third-order valence-corrected chi connectivity index (χ3v) is 3.44. The quantitative estimate of drug-likeness (QED) is 0.261. The minimum Gasteiger partial charge on any atom is -0.286 e. The number of carbonyl (C=O) groups excluding carboxylic acids is 2. The first-order valence-corrected chi connectivity index (χ1v) is 7.74. The summed E-state index contributed by atoms with van der Waals surface area (Å²) in [6.45, 7) is 5.61. The van der Waals surface area contributed by atoms with E-state index in [2.05, 4.69) is 27.7 Å². The summed E-state index contributed by atoms with van der Waals surface area (Å²) < 4.78 is 0. The van der Waals surface area contributed by atoms with Crippen molar-refractivity contribution in [1.82, 2.24) is 20.5 Å². The number of nitrogens with zero attached hydrogens (tertiary/aromatic N) is 3. The van der Waals surface area contributed by atoms with E-state index < -0.39 is 5.92 Å². The molecule has 128 valence electrons. The predicted octanol–water partition coefficient (Wildman–Crippen LogP) is 1.58. The summed E-state index contributed by atoms with van der Waals surface area (Å²) in [5.74, 6) is -0.325. The lowest BCUT2D eigenvalue weighted by molar-refractivity contribution is -0.154. The van der Waals surface area contributed by atoms with E-state index in [1.54, 1.807) is 20.0 Å². The van der Waals surface area contributed by atoms with Crippen LogP contribution in [0.1, 0.15) is 44.0 Å². The van der Waals surface area contributed by atoms with Gasteiger partial charge in [0.05, 0.1) is 23.9 Å². The fraction of sp³-hybridized carbons (Fsp3) is 0.600. The van der Waals surface area contributed by atoms with Crippen molar-refractivity contribution in [3.63, 3.8) is 0 Å². The maximum Gasteiger partial charge on any atom is 0.243 e. The summed E-state index contributed by atoms with van der Waals surface area (Å²) in [6.07, 6.45) is 5.40. The summed E-state index contributed by atoms with van der Waals surface area (Å²) >= 11 is 0. The van der Waals surface area contributed by atoms with Crippen molar-refractivity contribution in [3.8, 4) is 0 Å². The van der Waals surface area contributed by atoms with E-state index in [-0.39, 0.29) is 12.5 Å². The number of aromatic nitrogens is 2. The molecule has 0 bridgehead atoms. The van der Waals surface area contributed by atoms with Crippen LogP contribution in [0.5, 0.6) is 0 Å². The van der Waals surface area contributed by atoms with Gasteiger partial charge in [0.1, 0.15) is 0 Å². The van der Waals surface area contributed by atoms with Crippen LogP contribution in [0.3, 0.4) is 0 Å². The lowest BCUT2D eigenvalue weighted by Gasteiger charge is -2.20. The van der Waals surface area contributed by atoms with Gasteiger partial charge in [-0.05, 0) is 20.3 Å². The van der Waals surface area contributed by atoms with Crippen LogP contribution < -0.4 is 10.9 Å². The fourth-order valence-corrected chi connectivity index (χ4v) is 2.09. The van der Waals surface area contributed by atoms with Crippen LogP contribution >= 0.6 is 0 Å². The average Bonchev–Trinajstić information content (AvgIpc) is 2.54. The smallest absolute Gasteiger partial charge is 0.243 e. The molecule has 1 unspecified atom stereocenters. The second-order valence-electron chi connectivity index (χ2n) is 5.48. The monoisotopic (exact) mass is 323 g/mol. The minimum atomic E-state index is -0.498. The molecule has 0 aliphatic carbocycles. The zero-order valence-electron chi connectivity index (χ0n) is 13.9. The predicted molar refractivity (Wildman–Crippen MR) is 85.5 cm³/mol. The van der Waals surface area contributed by atoms with Gasteiger partial charge in [0.25, 0.3) is 0 Å². The number of unbranched alkanes of at least 4 members (excludes halogenated alkanes) is 2. The Morgan fingerprint density at radius 3 is 2.83 bits per heavy atom. The second kappa shape index (κ2) is 9.73. The Kier molecular flexibility index (Phi) is 7.96. The van der Waals surface area contributed by atoms with Crippen LogP contribution in [0.25, 0.3) is 0 Å². The molecule has 0 aliphatic rings. The maximum absolute atomic E-state index is 12.3. The Labute approximate surface area is 136 Å². The zero-order valence-corrected chi connectivity index (χ0v) is 13.9. The third-order valence-electron chi connectivity index (χ3n) is 3.44. The van der Waals surface area contributed by atoms with Crippen LogP contribution in [0, 0.1) is 19.8 Å². The van der Waals surface area contributed by atoms with Gasteiger partial charge < -0.3 is 0 Å². The normalized spacial score (nSPS) is 11.7. The number of hydroxylamine groups is 2. The Hall–Kier alpha value is -2.22. The number of rotatable bonds is 10. The third kappa shape index (κ3) is 6.60. The molecule has 0 saturated carbocycles. The minimum absolute atomic E-state index is 0.0425. The summed E-state index contributed by atoms with van der Waals surface area (Å²) in [5, 5.41) is 9.84. The number of amides is 2. The van der Waals surface area contributed by atoms with E-state index in [9.17, 15) is 14.8 Å². The van der Waals surface area contributed by atoms with Crippen LogP contribution in [0.4, 0.5) is 5.82 Å². The molecule has 0 radical (unpaired) electrons. The van der Waals surface area contributed by atoms with E-state index in [4.69, 9.17) is 0 Å². The molecule has 8 heteroatoms. The summed E-state index contributed by atoms with van der Waals surface area (Å²) in [5.41, 5.74) is 6.73. The Balaban J connectivity index is 2.64. The topological polar surface area (TPSA) is 107 Å². The van der Waals surface area contributed by atoms with Crippen LogP contribution in [0.15, 0.2) is 6.20 Å². The number of anilines is 1. The van der Waals surface area contributed by atoms with E-state index in [1.807, 2.05) is 0 Å². The van der Waals surface area contributed by atoms with E-state index >= 15 is 0 Å². The van der Waals surface area contributed by atoms with Crippen molar-refractivity contribution in [2.45, 2.75) is 46.5 Å². The molecule has 0 fully saturated rings. The van der Waals surface area contributed by atoms with Gasteiger partial charge in [-0.2, -0.15) is 0 Å². The van der Waals surface area contributed by atoms with Crippen molar-refractivity contribution >= 4 is 18.1 Å². The Bertz CT molecular complexity index is 524. The molecule has 8 nitrogen and oxygen atoms in total. The summed E-state index contributed by atoms with van der Waals surface area (Å²) in [4.78, 5) is 31.3. The molecule has 0 aliphatic heterocycles. The second-order valence-corrected chi connectivity index (χ2v) is 5.48. The van der Waals surface area contributed by atoms with Crippen molar-refractivity contribution in [2.75, 3.05) is 12.0 Å². The first kappa shape index (κ1) is 18.8. The van der Waals surface area contributed by atoms with Gasteiger partial charge in [0.15, 0.2) is 5.82 Å². The molecule has 0 saturated heterocycles. The lowest BCUT2D eigenvalue weighted by Crippen LogP contribution is -2.40. The maximum atomic E-state index is 12.3. The van der Waals surface area contributed by atoms with Gasteiger partial charge in [-0.15, -0.1) is 0 Å². The van der Waals surface area contributed by atoms with E-state index in [0.29, 0.717) is 29.4 Å². The Morgan fingerprint density at radius 1 is 1.43 bits per heavy atom. The number of hydrogen-bond donors (Lipinski definition) is 3. The first-order chi connectivity index (χ1) is 11.0. The zero-order chi connectivity index (χ0) is 17.2. The molecule has 1 rings (SSSR count). The number of hydrogen-bond acceptors (Lipinski definition) is 6. The molecule has 1 heterocycles. The first-order valence-electron chi connectivity index (χ1n) is 7.74. The van der Waals surface area contributed by atoms with Crippen LogP contribution in [0.2, 0.25) is 0 Å². The highest BCUT2D eigenvalue weighted by molar-refractivity contribution is 5.80.